The van der Waals surface area contributed by atoms with Gasteiger partial charge in [-0.3, -0.25) is 0 Å². The van der Waals surface area contributed by atoms with Crippen molar-refractivity contribution in [2.75, 3.05) is 7.05 Å². The Morgan fingerprint density at radius 2 is 1.95 bits per heavy atom. The SMILES string of the molecule is CNC(Cc1cc(F)ccc1F)c1cc(Cl)cc(Br)c1. The van der Waals surface area contributed by atoms with Crippen molar-refractivity contribution in [1.29, 1.82) is 0 Å². The minimum atomic E-state index is -0.441. The lowest BCUT2D eigenvalue weighted by Gasteiger charge is -2.18. The number of nitrogens with one attached hydrogen (secondary N) is 1. The molecular formula is C15H13BrClF2N. The van der Waals surface area contributed by atoms with Gasteiger partial charge in [0.15, 0.2) is 0 Å². The molecule has 106 valence electrons. The smallest absolute Gasteiger partial charge is 0.126 e. The lowest BCUT2D eigenvalue weighted by molar-refractivity contribution is 0.544. The lowest BCUT2D eigenvalue weighted by Crippen LogP contribution is -2.19. The van der Waals surface area contributed by atoms with Gasteiger partial charge in [0.05, 0.1) is 0 Å². The molecule has 20 heavy (non-hydrogen) atoms. The zero-order chi connectivity index (χ0) is 14.7. The lowest BCUT2D eigenvalue weighted by atomic mass is 9.98. The van der Waals surface area contributed by atoms with E-state index in [4.69, 9.17) is 11.6 Å². The van der Waals surface area contributed by atoms with Gasteiger partial charge in [0.1, 0.15) is 11.6 Å². The number of benzene rings is 2. The van der Waals surface area contributed by atoms with Crippen LogP contribution in [0.4, 0.5) is 8.78 Å². The Bertz CT molecular complexity index is 599. The maximum Gasteiger partial charge on any atom is 0.126 e. The average Bonchev–Trinajstić information content (AvgIpc) is 2.38. The van der Waals surface area contributed by atoms with Gasteiger partial charge in [-0.25, -0.2) is 8.78 Å². The van der Waals surface area contributed by atoms with Crippen LogP contribution in [-0.2, 0) is 6.42 Å². The molecule has 1 nitrogen and oxygen atoms in total. The van der Waals surface area contributed by atoms with E-state index >= 15 is 0 Å². The molecule has 0 aliphatic heterocycles. The molecule has 5 heteroatoms. The second-order valence-corrected chi connectivity index (χ2v) is 5.84. The van der Waals surface area contributed by atoms with Gasteiger partial charge in [0.2, 0.25) is 0 Å². The number of hydrogen-bond acceptors (Lipinski definition) is 1. The fourth-order valence-corrected chi connectivity index (χ4v) is 2.97. The first kappa shape index (κ1) is 15.4. The molecule has 0 saturated heterocycles. The highest BCUT2D eigenvalue weighted by molar-refractivity contribution is 9.10. The van der Waals surface area contributed by atoms with Crippen molar-refractivity contribution in [1.82, 2.24) is 5.32 Å². The number of halogens is 4. The van der Waals surface area contributed by atoms with Crippen LogP contribution < -0.4 is 5.32 Å². The molecule has 0 bridgehead atoms. The summed E-state index contributed by atoms with van der Waals surface area (Å²) in [5.74, 6) is -0.851. The summed E-state index contributed by atoms with van der Waals surface area (Å²) in [5, 5.41) is 3.69. The first-order chi connectivity index (χ1) is 9.49. The number of rotatable bonds is 4. The van der Waals surface area contributed by atoms with Crippen LogP contribution in [0.25, 0.3) is 0 Å². The third-order valence-corrected chi connectivity index (χ3v) is 3.74. The minimum absolute atomic E-state index is 0.152. The minimum Gasteiger partial charge on any atom is -0.313 e. The van der Waals surface area contributed by atoms with Gasteiger partial charge >= 0.3 is 0 Å². The Kier molecular flexibility index (Phi) is 5.13. The molecule has 1 N–H and O–H groups in total. The zero-order valence-corrected chi connectivity index (χ0v) is 13.1. The first-order valence-corrected chi connectivity index (χ1v) is 7.24. The van der Waals surface area contributed by atoms with Crippen LogP contribution in [0.5, 0.6) is 0 Å². The van der Waals surface area contributed by atoms with E-state index in [1.165, 1.54) is 6.07 Å². The van der Waals surface area contributed by atoms with Gasteiger partial charge in [0, 0.05) is 15.5 Å². The largest absolute Gasteiger partial charge is 0.313 e. The summed E-state index contributed by atoms with van der Waals surface area (Å²) in [6.45, 7) is 0. The summed E-state index contributed by atoms with van der Waals surface area (Å²) in [5.41, 5.74) is 1.25. The van der Waals surface area contributed by atoms with Crippen molar-refractivity contribution in [3.63, 3.8) is 0 Å². The van der Waals surface area contributed by atoms with Gasteiger partial charge in [0.25, 0.3) is 0 Å². The zero-order valence-electron chi connectivity index (χ0n) is 10.8. The van der Waals surface area contributed by atoms with Crippen molar-refractivity contribution >= 4 is 27.5 Å². The van der Waals surface area contributed by atoms with Gasteiger partial charge in [-0.2, -0.15) is 0 Å². The monoisotopic (exact) mass is 359 g/mol. The molecule has 1 unspecified atom stereocenters. The summed E-state index contributed by atoms with van der Waals surface area (Å²) in [7, 11) is 1.77. The molecule has 1 atom stereocenters. The second-order valence-electron chi connectivity index (χ2n) is 4.48. The highest BCUT2D eigenvalue weighted by atomic mass is 79.9. The molecule has 0 aromatic heterocycles. The number of likely N-dealkylation sites (N-methyl/N-ethyl adjacent to an activating group) is 1. The van der Waals surface area contributed by atoms with Crippen LogP contribution >= 0.6 is 27.5 Å². The van der Waals surface area contributed by atoms with Gasteiger partial charge < -0.3 is 5.32 Å². The van der Waals surface area contributed by atoms with E-state index in [0.29, 0.717) is 17.0 Å². The topological polar surface area (TPSA) is 12.0 Å². The Balaban J connectivity index is 2.30. The Morgan fingerprint density at radius 3 is 2.60 bits per heavy atom. The van der Waals surface area contributed by atoms with E-state index in [1.54, 1.807) is 13.1 Å². The molecule has 2 aromatic carbocycles. The molecule has 0 saturated carbocycles. The maximum atomic E-state index is 13.7. The van der Waals surface area contributed by atoms with E-state index in [2.05, 4.69) is 21.2 Å². The first-order valence-electron chi connectivity index (χ1n) is 6.07. The van der Waals surface area contributed by atoms with E-state index in [9.17, 15) is 8.78 Å². The molecule has 0 amide bonds. The molecule has 0 heterocycles. The van der Waals surface area contributed by atoms with Crippen molar-refractivity contribution in [3.8, 4) is 0 Å². The summed E-state index contributed by atoms with van der Waals surface area (Å²) < 4.78 is 27.8. The summed E-state index contributed by atoms with van der Waals surface area (Å²) >= 11 is 9.39. The van der Waals surface area contributed by atoms with Crippen LogP contribution in [0, 0.1) is 11.6 Å². The highest BCUT2D eigenvalue weighted by Crippen LogP contribution is 2.26. The van der Waals surface area contributed by atoms with Gasteiger partial charge in [-0.05, 0) is 61.0 Å². The Labute approximate surface area is 130 Å². The van der Waals surface area contributed by atoms with E-state index in [-0.39, 0.29) is 6.04 Å². The standard InChI is InChI=1S/C15H13BrClF2N/c1-20-15(10-4-11(16)8-12(17)5-10)7-9-6-13(18)2-3-14(9)19/h2-6,8,15,20H,7H2,1H3. The van der Waals surface area contributed by atoms with Crippen LogP contribution in [-0.4, -0.2) is 7.05 Å². The van der Waals surface area contributed by atoms with Crippen molar-refractivity contribution in [2.45, 2.75) is 12.5 Å². The van der Waals surface area contributed by atoms with Crippen LogP contribution in [0.3, 0.4) is 0 Å². The molecular weight excluding hydrogens is 348 g/mol. The predicted octanol–water partition coefficient (Wildman–Crippen LogP) is 4.88. The normalized spacial score (nSPS) is 12.4. The summed E-state index contributed by atoms with van der Waals surface area (Å²) in [6, 6.07) is 8.82. The fraction of sp³-hybridized carbons (Fsp3) is 0.200. The van der Waals surface area contributed by atoms with Crippen LogP contribution in [0.15, 0.2) is 40.9 Å². The molecule has 2 aromatic rings. The predicted molar refractivity (Wildman–Crippen MR) is 81.0 cm³/mol. The molecule has 0 fully saturated rings. The third kappa shape index (κ3) is 3.78. The molecule has 0 aliphatic carbocycles. The van der Waals surface area contributed by atoms with E-state index < -0.39 is 11.6 Å². The summed E-state index contributed by atoms with van der Waals surface area (Å²) in [4.78, 5) is 0. The Morgan fingerprint density at radius 1 is 1.20 bits per heavy atom. The summed E-state index contributed by atoms with van der Waals surface area (Å²) in [6.07, 6.45) is 0.340. The molecule has 0 spiro atoms. The van der Waals surface area contributed by atoms with Gasteiger partial charge in [-0.15, -0.1) is 0 Å². The van der Waals surface area contributed by atoms with Crippen LogP contribution in [0.1, 0.15) is 17.2 Å². The van der Waals surface area contributed by atoms with Crippen molar-refractivity contribution in [2.24, 2.45) is 0 Å². The van der Waals surface area contributed by atoms with Crippen molar-refractivity contribution in [3.05, 3.63) is 68.7 Å². The van der Waals surface area contributed by atoms with Crippen molar-refractivity contribution < 1.29 is 8.78 Å². The quantitative estimate of drug-likeness (QED) is 0.819. The fourth-order valence-electron chi connectivity index (χ4n) is 2.08. The van der Waals surface area contributed by atoms with E-state index in [1.807, 2.05) is 12.1 Å². The Hall–Kier alpha value is -0.970. The van der Waals surface area contributed by atoms with Gasteiger partial charge in [-0.1, -0.05) is 27.5 Å². The highest BCUT2D eigenvalue weighted by Gasteiger charge is 2.14. The second kappa shape index (κ2) is 6.66. The van der Waals surface area contributed by atoms with E-state index in [0.717, 1.165) is 22.2 Å². The molecule has 0 aliphatic rings. The molecule has 0 radical (unpaired) electrons. The third-order valence-electron chi connectivity index (χ3n) is 3.07. The van der Waals surface area contributed by atoms with Crippen LogP contribution in [0.2, 0.25) is 5.02 Å². The number of hydrogen-bond donors (Lipinski definition) is 1. The molecule has 2 rings (SSSR count). The maximum absolute atomic E-state index is 13.7. The average molecular weight is 361 g/mol.